The van der Waals surface area contributed by atoms with Crippen molar-refractivity contribution in [3.8, 4) is 0 Å². The van der Waals surface area contributed by atoms with Gasteiger partial charge in [0.15, 0.2) is 0 Å². The molecule has 0 spiro atoms. The Morgan fingerprint density at radius 1 is 1.14 bits per heavy atom. The molecule has 2 heterocycles. The largest absolute Gasteiger partial charge is 0.374 e. The first-order valence-corrected chi connectivity index (χ1v) is 5.97. The fraction of sp³-hybridized carbons (Fsp3) is 0.833. The molecule has 0 bridgehead atoms. The number of rotatable bonds is 1. The van der Waals surface area contributed by atoms with Crippen molar-refractivity contribution in [3.63, 3.8) is 0 Å². The van der Waals surface area contributed by atoms with Gasteiger partial charge in [0.1, 0.15) is 0 Å². The van der Waals surface area contributed by atoms with Crippen molar-refractivity contribution in [1.82, 2.24) is 5.32 Å². The Labute approximate surface area is 86.7 Å². The third kappa shape index (κ3) is 3.10. The molecule has 2 rings (SSSR count). The normalized spacial score (nSPS) is 32.9. The minimum Gasteiger partial charge on any atom is -0.374 e. The average Bonchev–Trinajstić information content (AvgIpc) is 2.48. The molecule has 0 aromatic rings. The summed E-state index contributed by atoms with van der Waals surface area (Å²) in [5.74, 6) is 0. The van der Waals surface area contributed by atoms with Gasteiger partial charge in [0.25, 0.3) is 0 Å². The lowest BCUT2D eigenvalue weighted by molar-refractivity contribution is 0.0459. The molecule has 2 nitrogen and oxygen atoms in total. The summed E-state index contributed by atoms with van der Waals surface area (Å²) < 4.78 is 5.72. The van der Waals surface area contributed by atoms with E-state index in [0.717, 1.165) is 13.2 Å². The van der Waals surface area contributed by atoms with Crippen LogP contribution < -0.4 is 5.32 Å². The van der Waals surface area contributed by atoms with Crippen LogP contribution in [0.1, 0.15) is 38.5 Å². The Morgan fingerprint density at radius 3 is 3.00 bits per heavy atom. The van der Waals surface area contributed by atoms with E-state index in [9.17, 15) is 0 Å². The zero-order valence-electron chi connectivity index (χ0n) is 8.93. The summed E-state index contributed by atoms with van der Waals surface area (Å²) in [5.41, 5.74) is 1.61. The molecule has 1 N–H and O–H groups in total. The van der Waals surface area contributed by atoms with Crippen LogP contribution >= 0.6 is 0 Å². The lowest BCUT2D eigenvalue weighted by Gasteiger charge is -2.20. The predicted molar refractivity (Wildman–Crippen MR) is 58.4 cm³/mol. The van der Waals surface area contributed by atoms with Crippen molar-refractivity contribution in [3.05, 3.63) is 11.6 Å². The lowest BCUT2D eigenvalue weighted by atomic mass is 10.0. The molecule has 0 saturated carbocycles. The van der Waals surface area contributed by atoms with E-state index in [1.807, 2.05) is 0 Å². The van der Waals surface area contributed by atoms with Crippen LogP contribution in [-0.2, 0) is 4.74 Å². The van der Waals surface area contributed by atoms with Gasteiger partial charge in [-0.1, -0.05) is 11.6 Å². The molecule has 2 aliphatic heterocycles. The molecule has 2 heteroatoms. The Bertz CT molecular complexity index is 184. The second-order valence-corrected chi connectivity index (χ2v) is 4.33. The number of nitrogens with one attached hydrogen (secondary N) is 1. The topological polar surface area (TPSA) is 21.3 Å². The SMILES string of the molecule is C(=C1\CCCNCC1)/C1CCCCO1. The first-order valence-electron chi connectivity index (χ1n) is 5.97. The average molecular weight is 195 g/mol. The van der Waals surface area contributed by atoms with Gasteiger partial charge in [0.05, 0.1) is 6.10 Å². The van der Waals surface area contributed by atoms with Crippen LogP contribution in [-0.4, -0.2) is 25.8 Å². The molecule has 0 aromatic heterocycles. The maximum atomic E-state index is 5.72. The monoisotopic (exact) mass is 195 g/mol. The van der Waals surface area contributed by atoms with Gasteiger partial charge in [0, 0.05) is 6.61 Å². The highest BCUT2D eigenvalue weighted by atomic mass is 16.5. The maximum absolute atomic E-state index is 5.72. The minimum absolute atomic E-state index is 0.428. The van der Waals surface area contributed by atoms with Crippen LogP contribution in [0, 0.1) is 0 Å². The summed E-state index contributed by atoms with van der Waals surface area (Å²) in [7, 11) is 0. The summed E-state index contributed by atoms with van der Waals surface area (Å²) in [5, 5.41) is 3.43. The summed E-state index contributed by atoms with van der Waals surface area (Å²) in [6.07, 6.45) is 10.4. The van der Waals surface area contributed by atoms with Crippen LogP contribution in [0.5, 0.6) is 0 Å². The standard InChI is InChI=1S/C12H21NO/c1-2-9-14-12(5-1)10-11-4-3-7-13-8-6-11/h10,12-13H,1-9H2/b11-10-. The number of ether oxygens (including phenoxy) is 1. The molecule has 2 saturated heterocycles. The van der Waals surface area contributed by atoms with Crippen molar-refractivity contribution in [1.29, 1.82) is 0 Å². The fourth-order valence-corrected chi connectivity index (χ4v) is 2.27. The van der Waals surface area contributed by atoms with E-state index in [1.54, 1.807) is 5.57 Å². The number of hydrogen-bond acceptors (Lipinski definition) is 2. The quantitative estimate of drug-likeness (QED) is 0.648. The Morgan fingerprint density at radius 2 is 2.14 bits per heavy atom. The number of hydrogen-bond donors (Lipinski definition) is 1. The van der Waals surface area contributed by atoms with Gasteiger partial charge in [-0.3, -0.25) is 0 Å². The second kappa shape index (κ2) is 5.52. The molecular formula is C12H21NO. The highest BCUT2D eigenvalue weighted by molar-refractivity contribution is 5.07. The van der Waals surface area contributed by atoms with Gasteiger partial charge in [0.2, 0.25) is 0 Å². The zero-order chi connectivity index (χ0) is 9.64. The molecule has 2 fully saturated rings. The van der Waals surface area contributed by atoms with Crippen LogP contribution in [0.15, 0.2) is 11.6 Å². The molecule has 14 heavy (non-hydrogen) atoms. The van der Waals surface area contributed by atoms with E-state index in [2.05, 4.69) is 11.4 Å². The molecule has 80 valence electrons. The van der Waals surface area contributed by atoms with Crippen molar-refractivity contribution >= 4 is 0 Å². The molecule has 2 aliphatic rings. The van der Waals surface area contributed by atoms with E-state index >= 15 is 0 Å². The molecule has 0 aliphatic carbocycles. The molecule has 1 atom stereocenters. The first kappa shape index (κ1) is 10.2. The van der Waals surface area contributed by atoms with Gasteiger partial charge in [-0.2, -0.15) is 0 Å². The third-order valence-electron chi connectivity index (χ3n) is 3.11. The van der Waals surface area contributed by atoms with Crippen molar-refractivity contribution in [2.24, 2.45) is 0 Å². The van der Waals surface area contributed by atoms with E-state index < -0.39 is 0 Å². The van der Waals surface area contributed by atoms with E-state index in [1.165, 1.54) is 45.1 Å². The van der Waals surface area contributed by atoms with Gasteiger partial charge in [-0.25, -0.2) is 0 Å². The third-order valence-corrected chi connectivity index (χ3v) is 3.11. The molecule has 1 unspecified atom stereocenters. The Hall–Kier alpha value is -0.340. The van der Waals surface area contributed by atoms with E-state index in [4.69, 9.17) is 4.74 Å². The maximum Gasteiger partial charge on any atom is 0.0758 e. The van der Waals surface area contributed by atoms with Gasteiger partial charge >= 0.3 is 0 Å². The van der Waals surface area contributed by atoms with Gasteiger partial charge < -0.3 is 10.1 Å². The second-order valence-electron chi connectivity index (χ2n) is 4.33. The van der Waals surface area contributed by atoms with Crippen molar-refractivity contribution in [2.45, 2.75) is 44.6 Å². The summed E-state index contributed by atoms with van der Waals surface area (Å²) in [6.45, 7) is 3.30. The highest BCUT2D eigenvalue weighted by Gasteiger charge is 2.12. The minimum atomic E-state index is 0.428. The summed E-state index contributed by atoms with van der Waals surface area (Å²) in [6, 6.07) is 0. The first-order chi connectivity index (χ1) is 6.95. The lowest BCUT2D eigenvalue weighted by Crippen LogP contribution is -2.17. The fourth-order valence-electron chi connectivity index (χ4n) is 2.27. The van der Waals surface area contributed by atoms with E-state index in [0.29, 0.717) is 6.10 Å². The van der Waals surface area contributed by atoms with Crippen LogP contribution in [0.2, 0.25) is 0 Å². The Kier molecular flexibility index (Phi) is 4.02. The zero-order valence-corrected chi connectivity index (χ0v) is 8.93. The van der Waals surface area contributed by atoms with Gasteiger partial charge in [-0.15, -0.1) is 0 Å². The molecule has 0 aromatic carbocycles. The van der Waals surface area contributed by atoms with Gasteiger partial charge in [-0.05, 0) is 51.6 Å². The smallest absolute Gasteiger partial charge is 0.0758 e. The van der Waals surface area contributed by atoms with Crippen LogP contribution in [0.4, 0.5) is 0 Å². The van der Waals surface area contributed by atoms with Crippen molar-refractivity contribution in [2.75, 3.05) is 19.7 Å². The highest BCUT2D eigenvalue weighted by Crippen LogP contribution is 2.19. The Balaban J connectivity index is 1.86. The van der Waals surface area contributed by atoms with E-state index in [-0.39, 0.29) is 0 Å². The predicted octanol–water partition coefficient (Wildman–Crippen LogP) is 2.26. The van der Waals surface area contributed by atoms with Crippen LogP contribution in [0.25, 0.3) is 0 Å². The van der Waals surface area contributed by atoms with Crippen molar-refractivity contribution < 1.29 is 4.74 Å². The summed E-state index contributed by atoms with van der Waals surface area (Å²) >= 11 is 0. The summed E-state index contributed by atoms with van der Waals surface area (Å²) in [4.78, 5) is 0. The van der Waals surface area contributed by atoms with Crippen LogP contribution in [0.3, 0.4) is 0 Å². The molecule has 0 radical (unpaired) electrons. The molecular weight excluding hydrogens is 174 g/mol. The molecule has 0 amide bonds.